The van der Waals surface area contributed by atoms with Crippen molar-refractivity contribution in [3.8, 4) is 16.9 Å². The molecule has 3 aromatic rings. The van der Waals surface area contributed by atoms with Crippen LogP contribution in [0.4, 0.5) is 0 Å². The Hall–Kier alpha value is -2.35. The average molecular weight is 262 g/mol. The highest BCUT2D eigenvalue weighted by Crippen LogP contribution is 2.29. The van der Waals surface area contributed by atoms with Crippen molar-refractivity contribution in [2.45, 2.75) is 20.8 Å². The molecule has 3 rings (SSSR count). The molecule has 1 aromatic heterocycles. The van der Waals surface area contributed by atoms with Gasteiger partial charge in [0.05, 0.1) is 17.6 Å². The second-order valence-corrected chi connectivity index (χ2v) is 5.24. The van der Waals surface area contributed by atoms with Crippen LogP contribution in [0.15, 0.2) is 54.7 Å². The van der Waals surface area contributed by atoms with Crippen LogP contribution in [0.5, 0.6) is 0 Å². The summed E-state index contributed by atoms with van der Waals surface area (Å²) in [5, 5.41) is 4.48. The molecule has 100 valence electrons. The minimum atomic E-state index is 1.09. The van der Waals surface area contributed by atoms with Gasteiger partial charge in [-0.3, -0.25) is 0 Å². The fraction of sp³-hybridized carbons (Fsp3) is 0.167. The van der Waals surface area contributed by atoms with Gasteiger partial charge in [-0.15, -0.1) is 0 Å². The molecule has 20 heavy (non-hydrogen) atoms. The molecule has 0 bridgehead atoms. The lowest BCUT2D eigenvalue weighted by molar-refractivity contribution is 0.886. The Morgan fingerprint density at radius 3 is 2.15 bits per heavy atom. The van der Waals surface area contributed by atoms with Crippen molar-refractivity contribution in [3.05, 3.63) is 71.4 Å². The third-order valence-corrected chi connectivity index (χ3v) is 3.58. The molecule has 0 fully saturated rings. The minimum absolute atomic E-state index is 1.09. The van der Waals surface area contributed by atoms with Gasteiger partial charge in [-0.25, -0.2) is 4.68 Å². The maximum Gasteiger partial charge on any atom is 0.0746 e. The Balaban J connectivity index is 2.21. The van der Waals surface area contributed by atoms with E-state index >= 15 is 0 Å². The number of hydrogen-bond donors (Lipinski definition) is 0. The van der Waals surface area contributed by atoms with Crippen molar-refractivity contribution in [2.75, 3.05) is 0 Å². The average Bonchev–Trinajstić information content (AvgIpc) is 2.87. The van der Waals surface area contributed by atoms with Crippen molar-refractivity contribution < 1.29 is 0 Å². The van der Waals surface area contributed by atoms with Gasteiger partial charge in [-0.1, -0.05) is 35.9 Å². The number of rotatable bonds is 2. The number of aromatic nitrogens is 2. The zero-order chi connectivity index (χ0) is 14.1. The van der Waals surface area contributed by atoms with E-state index in [-0.39, 0.29) is 0 Å². The first-order chi connectivity index (χ1) is 9.66. The summed E-state index contributed by atoms with van der Waals surface area (Å²) in [5.41, 5.74) is 7.39. The molecular weight excluding hydrogens is 244 g/mol. The number of benzene rings is 2. The van der Waals surface area contributed by atoms with Gasteiger partial charge in [0.1, 0.15) is 0 Å². The van der Waals surface area contributed by atoms with Crippen LogP contribution in [-0.4, -0.2) is 9.78 Å². The van der Waals surface area contributed by atoms with Gasteiger partial charge in [0.25, 0.3) is 0 Å². The van der Waals surface area contributed by atoms with E-state index in [1.165, 1.54) is 22.3 Å². The van der Waals surface area contributed by atoms with E-state index in [4.69, 9.17) is 0 Å². The highest BCUT2D eigenvalue weighted by atomic mass is 15.3. The molecule has 0 aliphatic carbocycles. The first-order valence-electron chi connectivity index (χ1n) is 6.84. The second-order valence-electron chi connectivity index (χ2n) is 5.24. The molecule has 1 heterocycles. The predicted molar refractivity (Wildman–Crippen MR) is 83.2 cm³/mol. The van der Waals surface area contributed by atoms with E-state index in [1.807, 2.05) is 29.1 Å². The standard InChI is InChI=1S/C18H18N2/c1-13-11-14(2)18(15(3)12-13)17-9-10-19-20(17)16-7-5-4-6-8-16/h4-12H,1-3H3. The van der Waals surface area contributed by atoms with Crippen molar-refractivity contribution >= 4 is 0 Å². The van der Waals surface area contributed by atoms with E-state index in [1.54, 1.807) is 0 Å². The molecule has 0 saturated carbocycles. The van der Waals surface area contributed by atoms with Crippen molar-refractivity contribution in [3.63, 3.8) is 0 Å². The quantitative estimate of drug-likeness (QED) is 0.666. The second kappa shape index (κ2) is 4.97. The molecule has 0 N–H and O–H groups in total. The minimum Gasteiger partial charge on any atom is -0.233 e. The van der Waals surface area contributed by atoms with Crippen LogP contribution in [0.25, 0.3) is 16.9 Å². The third-order valence-electron chi connectivity index (χ3n) is 3.58. The molecule has 0 unspecified atom stereocenters. The molecule has 0 saturated heterocycles. The number of nitrogens with zero attached hydrogens (tertiary/aromatic N) is 2. The monoisotopic (exact) mass is 262 g/mol. The summed E-state index contributed by atoms with van der Waals surface area (Å²) in [6, 6.07) is 16.8. The Morgan fingerprint density at radius 1 is 0.850 bits per heavy atom. The predicted octanol–water partition coefficient (Wildman–Crippen LogP) is 4.46. The highest BCUT2D eigenvalue weighted by Gasteiger charge is 2.12. The van der Waals surface area contributed by atoms with Gasteiger partial charge in [-0.05, 0) is 50.1 Å². The van der Waals surface area contributed by atoms with Crippen molar-refractivity contribution in [1.29, 1.82) is 0 Å². The smallest absolute Gasteiger partial charge is 0.0746 e. The summed E-state index contributed by atoms with van der Waals surface area (Å²) < 4.78 is 2.00. The summed E-state index contributed by atoms with van der Waals surface area (Å²) in [6.45, 7) is 6.47. The molecule has 2 aromatic carbocycles. The van der Waals surface area contributed by atoms with Gasteiger partial charge in [-0.2, -0.15) is 5.10 Å². The largest absolute Gasteiger partial charge is 0.233 e. The fourth-order valence-corrected chi connectivity index (χ4v) is 2.85. The van der Waals surface area contributed by atoms with Gasteiger partial charge < -0.3 is 0 Å². The molecular formula is C18H18N2. The molecule has 2 heteroatoms. The number of para-hydroxylation sites is 1. The van der Waals surface area contributed by atoms with Crippen molar-refractivity contribution in [2.24, 2.45) is 0 Å². The van der Waals surface area contributed by atoms with Crippen LogP contribution in [0.1, 0.15) is 16.7 Å². The number of hydrogen-bond acceptors (Lipinski definition) is 1. The van der Waals surface area contributed by atoms with Crippen LogP contribution in [0.2, 0.25) is 0 Å². The summed E-state index contributed by atoms with van der Waals surface area (Å²) in [7, 11) is 0. The maximum absolute atomic E-state index is 4.48. The van der Waals surface area contributed by atoms with Gasteiger partial charge >= 0.3 is 0 Å². The van der Waals surface area contributed by atoms with Crippen LogP contribution < -0.4 is 0 Å². The van der Waals surface area contributed by atoms with E-state index < -0.39 is 0 Å². The molecule has 0 atom stereocenters. The summed E-state index contributed by atoms with van der Waals surface area (Å²) in [4.78, 5) is 0. The third kappa shape index (κ3) is 2.14. The van der Waals surface area contributed by atoms with E-state index in [0.29, 0.717) is 0 Å². The molecule has 0 amide bonds. The zero-order valence-corrected chi connectivity index (χ0v) is 12.1. The van der Waals surface area contributed by atoms with Crippen LogP contribution in [0, 0.1) is 20.8 Å². The first kappa shape index (κ1) is 12.7. The van der Waals surface area contributed by atoms with Gasteiger partial charge in [0.2, 0.25) is 0 Å². The van der Waals surface area contributed by atoms with Crippen LogP contribution in [-0.2, 0) is 0 Å². The Labute approximate surface area is 119 Å². The normalized spacial score (nSPS) is 10.8. The lowest BCUT2D eigenvalue weighted by Crippen LogP contribution is -2.01. The van der Waals surface area contributed by atoms with Gasteiger partial charge in [0, 0.05) is 5.56 Å². The number of aryl methyl sites for hydroxylation is 3. The first-order valence-corrected chi connectivity index (χ1v) is 6.84. The maximum atomic E-state index is 4.48. The lowest BCUT2D eigenvalue weighted by Gasteiger charge is -2.13. The molecule has 0 aliphatic heterocycles. The van der Waals surface area contributed by atoms with Crippen LogP contribution >= 0.6 is 0 Å². The molecule has 0 aliphatic rings. The fourth-order valence-electron chi connectivity index (χ4n) is 2.85. The highest BCUT2D eigenvalue weighted by molar-refractivity contribution is 5.70. The van der Waals surface area contributed by atoms with E-state index in [2.05, 4.69) is 56.2 Å². The molecule has 2 nitrogen and oxygen atoms in total. The summed E-state index contributed by atoms with van der Waals surface area (Å²) in [5.74, 6) is 0. The Bertz CT molecular complexity index is 716. The molecule has 0 spiro atoms. The van der Waals surface area contributed by atoms with E-state index in [9.17, 15) is 0 Å². The summed E-state index contributed by atoms with van der Waals surface area (Å²) in [6.07, 6.45) is 1.86. The SMILES string of the molecule is Cc1cc(C)c(-c2ccnn2-c2ccccc2)c(C)c1. The zero-order valence-electron chi connectivity index (χ0n) is 12.1. The van der Waals surface area contributed by atoms with Gasteiger partial charge in [0.15, 0.2) is 0 Å². The topological polar surface area (TPSA) is 17.8 Å². The van der Waals surface area contributed by atoms with Crippen LogP contribution in [0.3, 0.4) is 0 Å². The van der Waals surface area contributed by atoms with E-state index in [0.717, 1.165) is 11.4 Å². The van der Waals surface area contributed by atoms with Crippen molar-refractivity contribution in [1.82, 2.24) is 9.78 Å². The Morgan fingerprint density at radius 2 is 1.50 bits per heavy atom. The Kier molecular flexibility index (Phi) is 3.15. The lowest BCUT2D eigenvalue weighted by atomic mass is 9.97. The summed E-state index contributed by atoms with van der Waals surface area (Å²) >= 11 is 0. The molecule has 0 radical (unpaired) electrons.